The van der Waals surface area contributed by atoms with Gasteiger partial charge in [0, 0.05) is 5.92 Å². The van der Waals surface area contributed by atoms with E-state index in [1.54, 1.807) is 0 Å². The third-order valence-corrected chi connectivity index (χ3v) is 3.01. The molecule has 5 heteroatoms. The van der Waals surface area contributed by atoms with Crippen molar-refractivity contribution in [2.75, 3.05) is 0 Å². The molecule has 82 valence electrons. The van der Waals surface area contributed by atoms with Gasteiger partial charge in [-0.15, -0.1) is 0 Å². The van der Waals surface area contributed by atoms with Crippen LogP contribution in [0.1, 0.15) is 55.0 Å². The molecule has 1 aromatic rings. The fraction of sp³-hybridized carbons (Fsp3) is 0.700. The summed E-state index contributed by atoms with van der Waals surface area (Å²) in [4.78, 5) is 14.4. The average molecular weight is 210 g/mol. The summed E-state index contributed by atoms with van der Waals surface area (Å²) in [6.45, 7) is 2.23. The fourth-order valence-corrected chi connectivity index (χ4v) is 2.01. The second-order valence-corrected chi connectivity index (χ2v) is 4.22. The van der Waals surface area contributed by atoms with E-state index in [9.17, 15) is 4.79 Å². The Hall–Kier alpha value is -1.39. The van der Waals surface area contributed by atoms with Crippen LogP contribution in [0.15, 0.2) is 4.52 Å². The number of aromatic nitrogens is 2. The molecule has 0 aromatic carbocycles. The Kier molecular flexibility index (Phi) is 2.70. The highest BCUT2D eigenvalue weighted by Crippen LogP contribution is 2.33. The highest BCUT2D eigenvalue weighted by Gasteiger charge is 2.25. The molecular formula is C10H14N2O3. The Morgan fingerprint density at radius 2 is 2.07 bits per heavy atom. The predicted octanol–water partition coefficient (Wildman–Crippen LogP) is 2.06. The first-order valence-corrected chi connectivity index (χ1v) is 5.23. The van der Waals surface area contributed by atoms with E-state index in [-0.39, 0.29) is 11.8 Å². The standard InChI is InChI=1S/C10H14N2O3/c1-6-2-4-7(5-3-6)8-11-9(10(13)14)15-12-8/h6-7H,2-5H2,1H3,(H,13,14). The molecule has 1 fully saturated rings. The van der Waals surface area contributed by atoms with Crippen LogP contribution in [0.4, 0.5) is 0 Å². The highest BCUT2D eigenvalue weighted by atomic mass is 16.5. The zero-order valence-corrected chi connectivity index (χ0v) is 8.64. The number of aromatic carboxylic acids is 1. The van der Waals surface area contributed by atoms with Gasteiger partial charge in [-0.25, -0.2) is 4.79 Å². The van der Waals surface area contributed by atoms with E-state index in [0.29, 0.717) is 5.82 Å². The highest BCUT2D eigenvalue weighted by molar-refractivity contribution is 5.81. The lowest BCUT2D eigenvalue weighted by molar-refractivity contribution is 0.0643. The van der Waals surface area contributed by atoms with Gasteiger partial charge in [-0.2, -0.15) is 4.98 Å². The summed E-state index contributed by atoms with van der Waals surface area (Å²) in [5.41, 5.74) is 0. The lowest BCUT2D eigenvalue weighted by Gasteiger charge is -2.23. The first kappa shape index (κ1) is 10.1. The molecule has 0 aliphatic heterocycles. The largest absolute Gasteiger partial charge is 0.474 e. The summed E-state index contributed by atoms with van der Waals surface area (Å²) in [6.07, 6.45) is 4.36. The van der Waals surface area contributed by atoms with Gasteiger partial charge in [-0.05, 0) is 18.8 Å². The Bertz CT molecular complexity index is 353. The van der Waals surface area contributed by atoms with Crippen molar-refractivity contribution >= 4 is 5.97 Å². The lowest BCUT2D eigenvalue weighted by atomic mass is 9.83. The van der Waals surface area contributed by atoms with Crippen molar-refractivity contribution in [3.05, 3.63) is 11.7 Å². The van der Waals surface area contributed by atoms with Crippen LogP contribution in [-0.2, 0) is 0 Å². The molecule has 0 unspecified atom stereocenters. The SMILES string of the molecule is CC1CCC(c2noc(C(=O)O)n2)CC1. The fourth-order valence-electron chi connectivity index (χ4n) is 2.01. The van der Waals surface area contributed by atoms with Crippen LogP contribution in [0.2, 0.25) is 0 Å². The van der Waals surface area contributed by atoms with E-state index in [2.05, 4.69) is 21.6 Å². The zero-order chi connectivity index (χ0) is 10.8. The van der Waals surface area contributed by atoms with Gasteiger partial charge in [-0.1, -0.05) is 24.9 Å². The number of hydrogen-bond donors (Lipinski definition) is 1. The molecular weight excluding hydrogens is 196 g/mol. The van der Waals surface area contributed by atoms with Gasteiger partial charge < -0.3 is 9.63 Å². The first-order valence-electron chi connectivity index (χ1n) is 5.23. The molecule has 1 aliphatic carbocycles. The molecule has 5 nitrogen and oxygen atoms in total. The zero-order valence-electron chi connectivity index (χ0n) is 8.64. The van der Waals surface area contributed by atoms with Crippen molar-refractivity contribution in [1.29, 1.82) is 0 Å². The van der Waals surface area contributed by atoms with Crippen LogP contribution in [0.3, 0.4) is 0 Å². The third kappa shape index (κ3) is 2.16. The van der Waals surface area contributed by atoms with E-state index in [1.807, 2.05) is 0 Å². The lowest BCUT2D eigenvalue weighted by Crippen LogP contribution is -2.12. The molecule has 2 rings (SSSR count). The number of carboxylic acids is 1. The molecule has 1 N–H and O–H groups in total. The summed E-state index contributed by atoms with van der Waals surface area (Å²) >= 11 is 0. The van der Waals surface area contributed by atoms with Crippen molar-refractivity contribution in [1.82, 2.24) is 10.1 Å². The molecule has 1 saturated carbocycles. The molecule has 1 heterocycles. The molecule has 0 atom stereocenters. The molecule has 1 aliphatic rings. The summed E-state index contributed by atoms with van der Waals surface area (Å²) in [5.74, 6) is 0.131. The Morgan fingerprint density at radius 3 is 2.60 bits per heavy atom. The minimum Gasteiger partial charge on any atom is -0.474 e. The van der Waals surface area contributed by atoms with E-state index in [0.717, 1.165) is 31.6 Å². The van der Waals surface area contributed by atoms with Crippen molar-refractivity contribution in [3.8, 4) is 0 Å². The van der Waals surface area contributed by atoms with Crippen LogP contribution in [-0.4, -0.2) is 21.2 Å². The third-order valence-electron chi connectivity index (χ3n) is 3.01. The van der Waals surface area contributed by atoms with E-state index >= 15 is 0 Å². The van der Waals surface area contributed by atoms with Gasteiger partial charge in [0.05, 0.1) is 0 Å². The number of hydrogen-bond acceptors (Lipinski definition) is 4. The smallest absolute Gasteiger partial charge is 0.394 e. The minimum atomic E-state index is -1.15. The van der Waals surface area contributed by atoms with Crippen LogP contribution in [0.5, 0.6) is 0 Å². The van der Waals surface area contributed by atoms with E-state index in [1.165, 1.54) is 0 Å². The van der Waals surface area contributed by atoms with Gasteiger partial charge in [0.1, 0.15) is 0 Å². The maximum absolute atomic E-state index is 10.6. The Labute approximate surface area is 87.5 Å². The van der Waals surface area contributed by atoms with E-state index in [4.69, 9.17) is 5.11 Å². The van der Waals surface area contributed by atoms with Gasteiger partial charge >= 0.3 is 11.9 Å². The molecule has 0 saturated heterocycles. The summed E-state index contributed by atoms with van der Waals surface area (Å²) in [5, 5.41) is 12.4. The second kappa shape index (κ2) is 4.00. The topological polar surface area (TPSA) is 76.2 Å². The van der Waals surface area contributed by atoms with Gasteiger partial charge in [-0.3, -0.25) is 0 Å². The predicted molar refractivity (Wildman–Crippen MR) is 51.6 cm³/mol. The molecule has 1 aromatic heterocycles. The average Bonchev–Trinajstić information content (AvgIpc) is 2.68. The molecule has 0 radical (unpaired) electrons. The minimum absolute atomic E-state index is 0.276. The van der Waals surface area contributed by atoms with Gasteiger partial charge in [0.2, 0.25) is 0 Å². The number of carbonyl (C=O) groups is 1. The number of carboxylic acid groups (broad SMARTS) is 1. The van der Waals surface area contributed by atoms with Crippen LogP contribution < -0.4 is 0 Å². The van der Waals surface area contributed by atoms with Gasteiger partial charge in [0.25, 0.3) is 0 Å². The summed E-state index contributed by atoms with van der Waals surface area (Å²) in [6, 6.07) is 0. The first-order chi connectivity index (χ1) is 7.16. The Morgan fingerprint density at radius 1 is 1.40 bits per heavy atom. The van der Waals surface area contributed by atoms with Crippen molar-refractivity contribution < 1.29 is 14.4 Å². The van der Waals surface area contributed by atoms with Crippen LogP contribution >= 0.6 is 0 Å². The van der Waals surface area contributed by atoms with E-state index < -0.39 is 5.97 Å². The Balaban J connectivity index is 2.06. The molecule has 0 spiro atoms. The van der Waals surface area contributed by atoms with Crippen molar-refractivity contribution in [2.45, 2.75) is 38.5 Å². The number of rotatable bonds is 2. The van der Waals surface area contributed by atoms with Crippen molar-refractivity contribution in [2.24, 2.45) is 5.92 Å². The van der Waals surface area contributed by atoms with Gasteiger partial charge in [0.15, 0.2) is 5.82 Å². The quantitative estimate of drug-likeness (QED) is 0.808. The summed E-state index contributed by atoms with van der Waals surface area (Å²) in [7, 11) is 0. The number of nitrogens with zero attached hydrogens (tertiary/aromatic N) is 2. The maximum Gasteiger partial charge on any atom is 0.394 e. The van der Waals surface area contributed by atoms with Crippen molar-refractivity contribution in [3.63, 3.8) is 0 Å². The molecule has 0 amide bonds. The van der Waals surface area contributed by atoms with Crippen LogP contribution in [0.25, 0.3) is 0 Å². The normalized spacial score (nSPS) is 26.5. The maximum atomic E-state index is 10.6. The molecule has 15 heavy (non-hydrogen) atoms. The molecule has 0 bridgehead atoms. The second-order valence-electron chi connectivity index (χ2n) is 4.22. The monoisotopic (exact) mass is 210 g/mol. The summed E-state index contributed by atoms with van der Waals surface area (Å²) < 4.78 is 4.65. The van der Waals surface area contributed by atoms with Crippen LogP contribution in [0, 0.1) is 5.92 Å².